The minimum absolute atomic E-state index is 0.0291. The van der Waals surface area contributed by atoms with Gasteiger partial charge in [-0.1, -0.05) is 36.4 Å². The summed E-state index contributed by atoms with van der Waals surface area (Å²) in [6, 6.07) is 17.8. The second-order valence-electron chi connectivity index (χ2n) is 5.48. The first-order valence-corrected chi connectivity index (χ1v) is 8.28. The lowest BCUT2D eigenvalue weighted by molar-refractivity contribution is 0.311. The summed E-state index contributed by atoms with van der Waals surface area (Å²) in [6.07, 6.45) is 2.61. The van der Waals surface area contributed by atoms with Crippen molar-refractivity contribution in [3.63, 3.8) is 0 Å². The van der Waals surface area contributed by atoms with Gasteiger partial charge in [0.2, 0.25) is 5.95 Å². The Kier molecular flexibility index (Phi) is 5.90. The van der Waals surface area contributed by atoms with Gasteiger partial charge in [0.25, 0.3) is 0 Å². The van der Waals surface area contributed by atoms with E-state index in [1.165, 1.54) is 0 Å². The summed E-state index contributed by atoms with van der Waals surface area (Å²) < 4.78 is 0. The van der Waals surface area contributed by atoms with Crippen LogP contribution in [0.4, 0.5) is 11.8 Å². The maximum atomic E-state index is 9.01. The molecule has 0 saturated carbocycles. The Bertz CT molecular complexity index is 780. The number of aliphatic hydroxyl groups is 1. The molecule has 3 aromatic rings. The van der Waals surface area contributed by atoms with Gasteiger partial charge in [0.05, 0.1) is 12.3 Å². The highest BCUT2D eigenvalue weighted by atomic mass is 16.3. The number of nitrogens with zero attached hydrogens (tertiary/aromatic N) is 3. The van der Waals surface area contributed by atoms with Crippen LogP contribution in [0.2, 0.25) is 0 Å². The van der Waals surface area contributed by atoms with E-state index in [1.54, 1.807) is 6.20 Å². The number of aliphatic hydroxyl groups excluding tert-OH is 1. The third-order valence-electron chi connectivity index (χ3n) is 3.60. The van der Waals surface area contributed by atoms with E-state index >= 15 is 0 Å². The van der Waals surface area contributed by atoms with Crippen molar-refractivity contribution < 1.29 is 5.11 Å². The number of aromatic nitrogens is 3. The minimum Gasteiger partial charge on any atom is -0.395 e. The fourth-order valence-electron chi connectivity index (χ4n) is 2.41. The van der Waals surface area contributed by atoms with Crippen LogP contribution in [0.5, 0.6) is 0 Å². The van der Waals surface area contributed by atoms with Crippen molar-refractivity contribution in [1.82, 2.24) is 15.0 Å². The summed E-state index contributed by atoms with van der Waals surface area (Å²) in [4.78, 5) is 13.3. The number of rotatable bonds is 8. The van der Waals surface area contributed by atoms with E-state index in [0.29, 0.717) is 12.5 Å². The van der Waals surface area contributed by atoms with Gasteiger partial charge in [-0.15, -0.1) is 0 Å². The van der Waals surface area contributed by atoms with E-state index in [-0.39, 0.29) is 6.61 Å². The average molecular weight is 335 g/mol. The van der Waals surface area contributed by atoms with Crippen molar-refractivity contribution >= 4 is 11.8 Å². The van der Waals surface area contributed by atoms with Crippen molar-refractivity contribution in [2.45, 2.75) is 6.42 Å². The Morgan fingerprint density at radius 2 is 1.72 bits per heavy atom. The van der Waals surface area contributed by atoms with Crippen LogP contribution < -0.4 is 10.6 Å². The Hall–Kier alpha value is -2.99. The van der Waals surface area contributed by atoms with E-state index < -0.39 is 0 Å². The highest BCUT2D eigenvalue weighted by Gasteiger charge is 2.06. The normalized spacial score (nSPS) is 10.4. The van der Waals surface area contributed by atoms with Gasteiger partial charge in [0, 0.05) is 43.0 Å². The van der Waals surface area contributed by atoms with Crippen LogP contribution in [-0.4, -0.2) is 39.8 Å². The number of hydrogen-bond donors (Lipinski definition) is 3. The fraction of sp³-hybridized carbons (Fsp3) is 0.211. The van der Waals surface area contributed by atoms with Gasteiger partial charge >= 0.3 is 0 Å². The Labute approximate surface area is 147 Å². The van der Waals surface area contributed by atoms with Crippen LogP contribution in [0.1, 0.15) is 5.69 Å². The second-order valence-corrected chi connectivity index (χ2v) is 5.48. The lowest BCUT2D eigenvalue weighted by Gasteiger charge is -2.11. The zero-order valence-corrected chi connectivity index (χ0v) is 13.9. The summed E-state index contributed by atoms with van der Waals surface area (Å²) in [7, 11) is 0. The first-order chi connectivity index (χ1) is 12.3. The standard InChI is InChI=1S/C19H21N5O/c25-13-12-22-19-23-17(15-6-2-1-3-7-15)14-18(24-19)21-11-9-16-8-4-5-10-20-16/h1-8,10,14,25H,9,11-13H2,(H2,21,22,23,24). The number of hydrogen-bond acceptors (Lipinski definition) is 6. The quantitative estimate of drug-likeness (QED) is 0.587. The van der Waals surface area contributed by atoms with Gasteiger partial charge in [-0.05, 0) is 12.1 Å². The summed E-state index contributed by atoms with van der Waals surface area (Å²) in [5, 5.41) is 15.4. The molecule has 0 amide bonds. The lowest BCUT2D eigenvalue weighted by atomic mass is 10.1. The Morgan fingerprint density at radius 3 is 2.48 bits per heavy atom. The minimum atomic E-state index is 0.0291. The zero-order chi connectivity index (χ0) is 17.3. The van der Waals surface area contributed by atoms with Gasteiger partial charge in [-0.25, -0.2) is 4.98 Å². The predicted molar refractivity (Wildman–Crippen MR) is 99.5 cm³/mol. The molecule has 25 heavy (non-hydrogen) atoms. The molecule has 6 nitrogen and oxygen atoms in total. The highest BCUT2D eigenvalue weighted by Crippen LogP contribution is 2.21. The maximum Gasteiger partial charge on any atom is 0.225 e. The monoisotopic (exact) mass is 335 g/mol. The number of nitrogens with one attached hydrogen (secondary N) is 2. The second kappa shape index (κ2) is 8.75. The predicted octanol–water partition coefficient (Wildman–Crippen LogP) is 2.60. The summed E-state index contributed by atoms with van der Waals surface area (Å²) >= 11 is 0. The van der Waals surface area contributed by atoms with Crippen LogP contribution in [0, 0.1) is 0 Å². The first kappa shape index (κ1) is 16.9. The molecule has 0 bridgehead atoms. The van der Waals surface area contributed by atoms with Crippen molar-refractivity contribution in [3.05, 3.63) is 66.5 Å². The van der Waals surface area contributed by atoms with Crippen LogP contribution in [0.25, 0.3) is 11.3 Å². The number of benzene rings is 1. The van der Waals surface area contributed by atoms with Crippen LogP contribution in [0.3, 0.4) is 0 Å². The highest BCUT2D eigenvalue weighted by molar-refractivity contribution is 5.64. The van der Waals surface area contributed by atoms with Gasteiger partial charge in [0.1, 0.15) is 5.82 Å². The summed E-state index contributed by atoms with van der Waals surface area (Å²) in [6.45, 7) is 1.16. The van der Waals surface area contributed by atoms with E-state index in [0.717, 1.165) is 35.7 Å². The average Bonchev–Trinajstić information content (AvgIpc) is 2.68. The smallest absolute Gasteiger partial charge is 0.225 e. The molecule has 3 N–H and O–H groups in total. The molecule has 2 aromatic heterocycles. The Balaban J connectivity index is 1.75. The molecular formula is C19H21N5O. The van der Waals surface area contributed by atoms with Crippen LogP contribution >= 0.6 is 0 Å². The van der Waals surface area contributed by atoms with E-state index in [9.17, 15) is 0 Å². The third kappa shape index (κ3) is 4.99. The molecule has 0 aliphatic heterocycles. The largest absolute Gasteiger partial charge is 0.395 e. The third-order valence-corrected chi connectivity index (χ3v) is 3.60. The molecule has 3 rings (SSSR count). The number of pyridine rings is 1. The van der Waals surface area contributed by atoms with Crippen LogP contribution in [-0.2, 0) is 6.42 Å². The molecular weight excluding hydrogens is 314 g/mol. The number of anilines is 2. The summed E-state index contributed by atoms with van der Waals surface area (Å²) in [5.41, 5.74) is 2.88. The molecule has 0 unspecified atom stereocenters. The maximum absolute atomic E-state index is 9.01. The zero-order valence-electron chi connectivity index (χ0n) is 13.9. The molecule has 0 atom stereocenters. The van der Waals surface area contributed by atoms with Crippen LogP contribution in [0.15, 0.2) is 60.8 Å². The van der Waals surface area contributed by atoms with Gasteiger partial charge in [-0.2, -0.15) is 4.98 Å². The van der Waals surface area contributed by atoms with Gasteiger partial charge in [-0.3, -0.25) is 4.98 Å². The van der Waals surface area contributed by atoms with E-state index in [2.05, 4.69) is 25.6 Å². The molecule has 0 saturated heterocycles. The molecule has 0 aliphatic rings. The fourth-order valence-corrected chi connectivity index (χ4v) is 2.41. The van der Waals surface area contributed by atoms with E-state index in [1.807, 2.05) is 54.6 Å². The van der Waals surface area contributed by atoms with Gasteiger partial charge in [0.15, 0.2) is 0 Å². The lowest BCUT2D eigenvalue weighted by Crippen LogP contribution is -2.12. The molecule has 0 aliphatic carbocycles. The van der Waals surface area contributed by atoms with Crippen molar-refractivity contribution in [2.75, 3.05) is 30.3 Å². The topological polar surface area (TPSA) is 83.0 Å². The first-order valence-electron chi connectivity index (χ1n) is 8.28. The Morgan fingerprint density at radius 1 is 0.880 bits per heavy atom. The molecule has 1 aromatic carbocycles. The molecule has 0 radical (unpaired) electrons. The molecule has 6 heteroatoms. The molecule has 0 fully saturated rings. The van der Waals surface area contributed by atoms with Crippen molar-refractivity contribution in [2.24, 2.45) is 0 Å². The molecule has 2 heterocycles. The van der Waals surface area contributed by atoms with Gasteiger partial charge < -0.3 is 15.7 Å². The van der Waals surface area contributed by atoms with E-state index in [4.69, 9.17) is 5.11 Å². The molecule has 0 spiro atoms. The van der Waals surface area contributed by atoms with Crippen molar-refractivity contribution in [1.29, 1.82) is 0 Å². The SMILES string of the molecule is OCCNc1nc(NCCc2ccccn2)cc(-c2ccccc2)n1. The molecule has 128 valence electrons. The summed E-state index contributed by atoms with van der Waals surface area (Å²) in [5.74, 6) is 1.24. The van der Waals surface area contributed by atoms with Crippen molar-refractivity contribution in [3.8, 4) is 11.3 Å².